The van der Waals surface area contributed by atoms with Gasteiger partial charge >= 0.3 is 5.97 Å². The maximum absolute atomic E-state index is 12.9. The first-order chi connectivity index (χ1) is 45.3. The molecule has 31 atom stereocenters. The van der Waals surface area contributed by atoms with Crippen molar-refractivity contribution in [2.45, 2.75) is 339 Å². The second-order valence-corrected chi connectivity index (χ2v) is 39.4. The number of nitrogens with zero attached hydrogens (tertiary/aromatic N) is 1. The molecule has 0 aliphatic heterocycles. The molecule has 0 aromatic rings. The van der Waals surface area contributed by atoms with Gasteiger partial charge in [0, 0.05) is 26.6 Å². The summed E-state index contributed by atoms with van der Waals surface area (Å²) in [6, 6.07) is 0. The number of aliphatic hydroxyl groups is 5. The molecular formula is C88H158N2O10. The molecule has 100 heavy (non-hydrogen) atoms. The zero-order valence-corrected chi connectivity index (χ0v) is 62.9. The fourth-order valence-electron chi connectivity index (χ4n) is 29.8. The van der Waals surface area contributed by atoms with Gasteiger partial charge in [-0.1, -0.05) is 69.6 Å². The van der Waals surface area contributed by atoms with Gasteiger partial charge in [-0.05, 0) is 405 Å². The molecule has 0 spiro atoms. The van der Waals surface area contributed by atoms with Gasteiger partial charge in [0.2, 0.25) is 5.91 Å². The molecule has 0 aromatic carbocycles. The lowest BCUT2D eigenvalue weighted by Gasteiger charge is -2.57. The van der Waals surface area contributed by atoms with E-state index in [2.05, 4.69) is 58.4 Å². The third-order valence-corrected chi connectivity index (χ3v) is 34.7. The van der Waals surface area contributed by atoms with Gasteiger partial charge in [0.1, 0.15) is 0 Å². The zero-order chi connectivity index (χ0) is 68.9. The van der Waals surface area contributed by atoms with Gasteiger partial charge in [-0.15, -0.1) is 0 Å². The minimum Gasteiger partial charge on any atom is -0.481 e. The van der Waals surface area contributed by atoms with Crippen LogP contribution in [0.25, 0.3) is 0 Å². The minimum atomic E-state index is -0.559. The van der Waals surface area contributed by atoms with E-state index >= 15 is 0 Å². The van der Waals surface area contributed by atoms with Crippen LogP contribution in [0.4, 0.5) is 0 Å². The summed E-state index contributed by atoms with van der Waals surface area (Å²) in [5, 5.41) is 62.7. The van der Waals surface area contributed by atoms with Gasteiger partial charge in [-0.2, -0.15) is 0 Å². The monoisotopic (exact) mass is 1400 g/mol. The van der Waals surface area contributed by atoms with Crippen LogP contribution in [0.5, 0.6) is 0 Å². The van der Waals surface area contributed by atoms with E-state index in [1.807, 2.05) is 13.8 Å². The summed E-state index contributed by atoms with van der Waals surface area (Å²) in [6.45, 7) is 22.7. The van der Waals surface area contributed by atoms with E-state index in [0.717, 1.165) is 178 Å². The van der Waals surface area contributed by atoms with E-state index in [-0.39, 0.29) is 63.9 Å². The maximum atomic E-state index is 12.9. The highest BCUT2D eigenvalue weighted by atomic mass is 16.7. The van der Waals surface area contributed by atoms with Crippen molar-refractivity contribution in [1.29, 1.82) is 0 Å². The molecule has 0 aromatic heterocycles. The molecule has 16 saturated carbocycles. The van der Waals surface area contributed by atoms with Gasteiger partial charge < -0.3 is 35.5 Å². The summed E-state index contributed by atoms with van der Waals surface area (Å²) in [7, 11) is 6.62. The van der Waals surface area contributed by atoms with Gasteiger partial charge in [0.15, 0.2) is 0 Å². The Morgan fingerprint density at radius 1 is 0.430 bits per heavy atom. The Bertz CT molecular complexity index is 2690. The number of aliphatic hydroxyl groups excluding tert-OH is 1. The van der Waals surface area contributed by atoms with Crippen molar-refractivity contribution in [3.8, 4) is 0 Å². The van der Waals surface area contributed by atoms with Crippen molar-refractivity contribution in [3.63, 3.8) is 0 Å². The van der Waals surface area contributed by atoms with Gasteiger partial charge in [0.25, 0.3) is 0 Å². The normalized spacial score (nSPS) is 50.8. The topological polar surface area (TPSA) is 189 Å². The highest BCUT2D eigenvalue weighted by molar-refractivity contribution is 5.79. The Morgan fingerprint density at radius 2 is 0.750 bits per heavy atom. The fraction of sp³-hybridized carbons (Fsp3) is 0.955. The molecule has 16 rings (SSSR count). The molecule has 0 saturated heterocycles. The summed E-state index contributed by atoms with van der Waals surface area (Å²) >= 11 is 0. The Balaban J connectivity index is 0.000000165. The summed E-state index contributed by atoms with van der Waals surface area (Å²) in [6.07, 6.45) is 43.6. The smallest absolute Gasteiger partial charge is 0.307 e. The van der Waals surface area contributed by atoms with Crippen LogP contribution in [0, 0.1) is 158 Å². The molecule has 0 radical (unpaired) electrons. The van der Waals surface area contributed by atoms with Crippen molar-refractivity contribution in [3.05, 3.63) is 12.2 Å². The van der Waals surface area contributed by atoms with E-state index in [4.69, 9.17) is 4.84 Å². The second-order valence-electron chi connectivity index (χ2n) is 39.4. The summed E-state index contributed by atoms with van der Waals surface area (Å²) in [5.41, 5.74) is 3.41. The second kappa shape index (κ2) is 32.3. The average molecular weight is 1400 g/mol. The summed E-state index contributed by atoms with van der Waals surface area (Å²) in [4.78, 5) is 34.1. The van der Waals surface area contributed by atoms with Crippen LogP contribution in [0.2, 0.25) is 0 Å². The molecule has 12 nitrogen and oxygen atoms in total. The van der Waals surface area contributed by atoms with Crippen LogP contribution < -0.4 is 5.48 Å². The highest BCUT2D eigenvalue weighted by Gasteiger charge is 2.63. The standard InChI is InChI=1S/C22H37NO3.C20H32O3.C20H34O2.C20H32O.C2H7NO.4CH4/c1-21(25)11-9-15-14(13-21)5-6-17-16(15)10-12-22(2)18(17)7-8-19(22)20(24)23(3)26-4;1-19(23)9-7-13-12(11-19)3-4-15-14(13)8-10-20(2)16(15)5-6-17(20)18(21)22;1-19(22)9-7-15-13(11-19)3-5-17-16(15)8-10-20(2)14(12-21)4-6-18(17)20;1-13-4-7-18-17-6-5-14-12-19(2,21)10-8-15(14)16(17)9-11-20(13,18)3;1-3-4-2;;;;/h14-19,25H,5-13H2,1-4H3;12-17,23H,3-11H2,1-2H3,(H,21,22);13-18,21-22H,3-12H2,1-2H3;14-18,21H,1,4-12H2,2-3H3;3H,1-2H3;4*1H4/t14-,15+,16-,17-,18+,19-,21-,22+;12-,13+,14-,15-,16+,17-,19-,20+;13-,14-,15+,16-,17-,18+,19-,20-;14-,15+,16-,17-,18+,19-,20-;;;;;/m1111...../s1. The van der Waals surface area contributed by atoms with Crippen LogP contribution in [0.1, 0.15) is 316 Å². The first-order valence-corrected chi connectivity index (χ1v) is 40.8. The van der Waals surface area contributed by atoms with E-state index in [9.17, 15) is 40.2 Å². The Kier molecular flexibility index (Phi) is 27.1. The number of carbonyl (C=O) groups excluding carboxylic acids is 1. The van der Waals surface area contributed by atoms with Crippen molar-refractivity contribution in [2.24, 2.45) is 158 Å². The Morgan fingerprint density at radius 3 is 1.11 bits per heavy atom. The number of hydrogen-bond donors (Lipinski definition) is 7. The van der Waals surface area contributed by atoms with Crippen LogP contribution in [0.3, 0.4) is 0 Å². The van der Waals surface area contributed by atoms with Gasteiger partial charge in [-0.25, -0.2) is 10.5 Å². The van der Waals surface area contributed by atoms with Crippen molar-refractivity contribution >= 4 is 11.9 Å². The maximum Gasteiger partial charge on any atom is 0.307 e. The number of carbonyl (C=O) groups is 2. The van der Waals surface area contributed by atoms with Crippen molar-refractivity contribution in [2.75, 3.05) is 34.9 Å². The van der Waals surface area contributed by atoms with Crippen molar-refractivity contribution < 1.29 is 49.9 Å². The molecule has 7 N–H and O–H groups in total. The third kappa shape index (κ3) is 15.8. The number of hydroxylamine groups is 3. The number of hydrogen-bond acceptors (Lipinski definition) is 10. The number of nitrogens with one attached hydrogen (secondary N) is 1. The lowest BCUT2D eigenvalue weighted by molar-refractivity contribution is -0.180. The molecule has 580 valence electrons. The summed E-state index contributed by atoms with van der Waals surface area (Å²) in [5.74, 6) is 16.7. The fourth-order valence-corrected chi connectivity index (χ4v) is 29.8. The Hall–Kier alpha value is -1.64. The minimum absolute atomic E-state index is 0. The number of allylic oxidation sites excluding steroid dienone is 1. The van der Waals surface area contributed by atoms with E-state index < -0.39 is 22.8 Å². The number of carboxylic acids is 1. The predicted molar refractivity (Wildman–Crippen MR) is 408 cm³/mol. The first-order valence-electron chi connectivity index (χ1n) is 40.8. The quantitative estimate of drug-likeness (QED) is 0.102. The lowest BCUT2D eigenvalue weighted by Crippen LogP contribution is -2.51. The molecule has 16 aliphatic carbocycles. The van der Waals surface area contributed by atoms with E-state index in [1.54, 1.807) is 33.9 Å². The highest BCUT2D eigenvalue weighted by Crippen LogP contribution is 2.69. The number of carboxylic acid groups (broad SMARTS) is 1. The van der Waals surface area contributed by atoms with Crippen LogP contribution in [-0.2, 0) is 19.3 Å². The van der Waals surface area contributed by atoms with E-state index in [1.165, 1.54) is 159 Å². The number of rotatable bonds is 5. The van der Waals surface area contributed by atoms with Crippen LogP contribution in [-0.4, -0.2) is 105 Å². The molecule has 0 bridgehead atoms. The molecule has 12 heteroatoms. The molecule has 1 amide bonds. The third-order valence-electron chi connectivity index (χ3n) is 34.7. The molecule has 0 unspecified atom stereocenters. The van der Waals surface area contributed by atoms with Gasteiger partial charge in [-0.3, -0.25) is 14.4 Å². The average Bonchev–Trinajstić information content (AvgIpc) is 1.50. The van der Waals surface area contributed by atoms with Crippen molar-refractivity contribution in [1.82, 2.24) is 10.5 Å². The lowest BCUT2D eigenvalue weighted by atomic mass is 9.49. The largest absolute Gasteiger partial charge is 0.481 e. The van der Waals surface area contributed by atoms with E-state index in [0.29, 0.717) is 41.1 Å². The molecule has 16 aliphatic rings. The predicted octanol–water partition coefficient (Wildman–Crippen LogP) is 19.4. The van der Waals surface area contributed by atoms with Crippen LogP contribution in [0.15, 0.2) is 12.2 Å². The molecule has 16 fully saturated rings. The number of aliphatic carboxylic acids is 1. The Labute approximate surface area is 612 Å². The summed E-state index contributed by atoms with van der Waals surface area (Å²) < 4.78 is 0. The molecular weight excluding hydrogens is 1240 g/mol. The SMILES string of the molecule is C.C.C.C.C=C1CC[C@H]2[C@@H]3CC[C@@H]4C[C@](C)(O)CC[C@@H]4[C@H]3CC[C@]12C.CNOC.CON(C)C(=O)[C@H]1CC[C@H]2[C@@H]3CC[C@@H]4C[C@](C)(O)CC[C@@H]4[C@H]3CC[C@]12C.C[C@@]1(O)CC[C@H]2[C@H](CC[C@@H]3[C@@H]2CC[C@]2(C)[C@@H](C(=O)O)CC[C@@H]32)C1.C[C@@]1(O)CC[C@H]2[C@H](CC[C@@H]3[C@@H]2CC[C@]2(C)[C@@H](CO)CC[C@@H]32)C1. The zero-order valence-electron chi connectivity index (χ0n) is 62.9. The van der Waals surface area contributed by atoms with Gasteiger partial charge in [0.05, 0.1) is 42.5 Å². The first kappa shape index (κ1) is 84.0. The van der Waals surface area contributed by atoms with Crippen LogP contribution >= 0.6 is 0 Å². The number of amides is 1. The number of fused-ring (bicyclic) bond motifs is 20. The molecule has 0 heterocycles.